The Hall–Kier alpha value is -3.71. The molecule has 0 saturated carbocycles. The van der Waals surface area contributed by atoms with Gasteiger partial charge in [0.1, 0.15) is 17.6 Å². The Bertz CT molecular complexity index is 1290. The van der Waals surface area contributed by atoms with Crippen LogP contribution in [0.1, 0.15) is 12.5 Å². The Kier molecular flexibility index (Phi) is 6.47. The molecular formula is C25H26N4O3. The standard InChI is InChI=1S/C25H26N4O3/c1-3-18-8-7-11-20(14-18)27-22(30)16-29-15-21(19-9-5-4-6-10-19)23-24(29)25(31)28(17-26-23)12-13-32-2/h4-11,14-15,17H,3,12-13,16H2,1-2H3,(H,27,30). The highest BCUT2D eigenvalue weighted by Gasteiger charge is 2.18. The highest BCUT2D eigenvalue weighted by Crippen LogP contribution is 2.27. The Balaban J connectivity index is 1.73. The summed E-state index contributed by atoms with van der Waals surface area (Å²) in [5.41, 5.74) is 4.42. The van der Waals surface area contributed by atoms with Crippen LogP contribution in [0.4, 0.5) is 5.69 Å². The Labute approximate surface area is 186 Å². The smallest absolute Gasteiger partial charge is 0.277 e. The molecule has 7 heteroatoms. The van der Waals surface area contributed by atoms with Crippen LogP contribution in [0.3, 0.4) is 0 Å². The fraction of sp³-hybridized carbons (Fsp3) is 0.240. The summed E-state index contributed by atoms with van der Waals surface area (Å²) in [7, 11) is 1.59. The van der Waals surface area contributed by atoms with Crippen molar-refractivity contribution in [1.82, 2.24) is 14.1 Å². The molecule has 4 aromatic rings. The van der Waals surface area contributed by atoms with Gasteiger partial charge in [-0.2, -0.15) is 0 Å². The zero-order valence-electron chi connectivity index (χ0n) is 18.2. The number of carbonyl (C=O) groups is 1. The van der Waals surface area contributed by atoms with E-state index in [1.165, 1.54) is 10.9 Å². The molecule has 1 N–H and O–H groups in total. The third kappa shape index (κ3) is 4.48. The van der Waals surface area contributed by atoms with Crippen molar-refractivity contribution in [2.45, 2.75) is 26.4 Å². The van der Waals surface area contributed by atoms with Gasteiger partial charge in [0.05, 0.1) is 19.5 Å². The molecule has 1 amide bonds. The van der Waals surface area contributed by atoms with Crippen molar-refractivity contribution in [3.8, 4) is 11.1 Å². The first-order chi connectivity index (χ1) is 15.6. The SMILES string of the molecule is CCc1cccc(NC(=O)Cn2cc(-c3ccccc3)c3ncn(CCOC)c(=O)c32)c1. The van der Waals surface area contributed by atoms with Crippen LogP contribution in [-0.2, 0) is 29.0 Å². The molecule has 0 radical (unpaired) electrons. The van der Waals surface area contributed by atoms with Crippen LogP contribution in [0, 0.1) is 0 Å². The molecule has 164 valence electrons. The first kappa shape index (κ1) is 21.5. The summed E-state index contributed by atoms with van der Waals surface area (Å²) in [5.74, 6) is -0.207. The van der Waals surface area contributed by atoms with Crippen molar-refractivity contribution in [2.75, 3.05) is 19.0 Å². The quantitative estimate of drug-likeness (QED) is 0.462. The lowest BCUT2D eigenvalue weighted by molar-refractivity contribution is -0.116. The zero-order chi connectivity index (χ0) is 22.5. The van der Waals surface area contributed by atoms with Gasteiger partial charge < -0.3 is 14.6 Å². The van der Waals surface area contributed by atoms with Crippen molar-refractivity contribution in [3.05, 3.63) is 83.0 Å². The molecule has 2 heterocycles. The zero-order valence-corrected chi connectivity index (χ0v) is 18.2. The van der Waals surface area contributed by atoms with E-state index in [0.29, 0.717) is 24.2 Å². The van der Waals surface area contributed by atoms with E-state index in [4.69, 9.17) is 4.74 Å². The van der Waals surface area contributed by atoms with Crippen LogP contribution in [-0.4, -0.2) is 33.7 Å². The lowest BCUT2D eigenvalue weighted by atomic mass is 10.1. The molecule has 0 aliphatic heterocycles. The summed E-state index contributed by atoms with van der Waals surface area (Å²) in [6.45, 7) is 2.86. The van der Waals surface area contributed by atoms with E-state index in [1.807, 2.05) is 60.8 Å². The average molecular weight is 431 g/mol. The number of nitrogens with zero attached hydrogens (tertiary/aromatic N) is 3. The van der Waals surface area contributed by atoms with Crippen molar-refractivity contribution < 1.29 is 9.53 Å². The molecule has 0 fully saturated rings. The summed E-state index contributed by atoms with van der Waals surface area (Å²) >= 11 is 0. The van der Waals surface area contributed by atoms with Crippen LogP contribution >= 0.6 is 0 Å². The largest absolute Gasteiger partial charge is 0.383 e. The highest BCUT2D eigenvalue weighted by molar-refractivity contribution is 5.95. The Morgan fingerprint density at radius 2 is 1.91 bits per heavy atom. The number of anilines is 1. The highest BCUT2D eigenvalue weighted by atomic mass is 16.5. The number of methoxy groups -OCH3 is 1. The predicted octanol–water partition coefficient (Wildman–Crippen LogP) is 3.71. The maximum atomic E-state index is 13.2. The Morgan fingerprint density at radius 3 is 2.66 bits per heavy atom. The van der Waals surface area contributed by atoms with Gasteiger partial charge in [0.2, 0.25) is 5.91 Å². The Morgan fingerprint density at radius 1 is 1.09 bits per heavy atom. The molecule has 4 rings (SSSR count). The van der Waals surface area contributed by atoms with E-state index in [1.54, 1.807) is 11.7 Å². The third-order valence-corrected chi connectivity index (χ3v) is 5.40. The minimum atomic E-state index is -0.207. The van der Waals surface area contributed by atoms with Crippen LogP contribution in [0.15, 0.2) is 71.9 Å². The van der Waals surface area contributed by atoms with Crippen molar-refractivity contribution in [3.63, 3.8) is 0 Å². The van der Waals surface area contributed by atoms with Gasteiger partial charge in [0.25, 0.3) is 5.56 Å². The maximum absolute atomic E-state index is 13.2. The molecule has 0 bridgehead atoms. The van der Waals surface area contributed by atoms with Gasteiger partial charge in [-0.25, -0.2) is 4.98 Å². The van der Waals surface area contributed by atoms with E-state index in [9.17, 15) is 9.59 Å². The maximum Gasteiger partial charge on any atom is 0.277 e. The number of benzene rings is 2. The van der Waals surface area contributed by atoms with Gasteiger partial charge in [-0.15, -0.1) is 0 Å². The summed E-state index contributed by atoms with van der Waals surface area (Å²) in [5, 5.41) is 2.94. The predicted molar refractivity (Wildman–Crippen MR) is 126 cm³/mol. The average Bonchev–Trinajstić information content (AvgIpc) is 3.18. The molecule has 0 unspecified atom stereocenters. The number of hydrogen-bond donors (Lipinski definition) is 1. The van der Waals surface area contributed by atoms with Crippen molar-refractivity contribution >= 4 is 22.6 Å². The minimum Gasteiger partial charge on any atom is -0.383 e. The second kappa shape index (κ2) is 9.62. The summed E-state index contributed by atoms with van der Waals surface area (Å²) in [6.07, 6.45) is 4.26. The summed E-state index contributed by atoms with van der Waals surface area (Å²) < 4.78 is 8.31. The third-order valence-electron chi connectivity index (χ3n) is 5.40. The normalized spacial score (nSPS) is 11.1. The lowest BCUT2D eigenvalue weighted by Gasteiger charge is -2.09. The number of nitrogens with one attached hydrogen (secondary N) is 1. The fourth-order valence-corrected chi connectivity index (χ4v) is 3.74. The van der Waals surface area contributed by atoms with Gasteiger partial charge >= 0.3 is 0 Å². The topological polar surface area (TPSA) is 78.2 Å². The monoisotopic (exact) mass is 430 g/mol. The van der Waals surface area contributed by atoms with E-state index in [-0.39, 0.29) is 18.0 Å². The van der Waals surface area contributed by atoms with Crippen molar-refractivity contribution in [2.24, 2.45) is 0 Å². The number of amides is 1. The van der Waals surface area contributed by atoms with E-state index in [2.05, 4.69) is 17.2 Å². The molecule has 2 aromatic carbocycles. The van der Waals surface area contributed by atoms with Crippen LogP contribution in [0.25, 0.3) is 22.2 Å². The van der Waals surface area contributed by atoms with E-state index >= 15 is 0 Å². The van der Waals surface area contributed by atoms with E-state index < -0.39 is 0 Å². The number of ether oxygens (including phenoxy) is 1. The first-order valence-electron chi connectivity index (χ1n) is 10.6. The van der Waals surface area contributed by atoms with Gasteiger partial charge in [0, 0.05) is 24.6 Å². The second-order valence-electron chi connectivity index (χ2n) is 7.57. The molecule has 0 aliphatic carbocycles. The minimum absolute atomic E-state index is 0.00486. The lowest BCUT2D eigenvalue weighted by Crippen LogP contribution is -2.26. The van der Waals surface area contributed by atoms with Gasteiger partial charge in [-0.3, -0.25) is 14.2 Å². The van der Waals surface area contributed by atoms with Gasteiger partial charge in [0.15, 0.2) is 0 Å². The molecule has 2 aromatic heterocycles. The molecule has 0 saturated heterocycles. The number of aromatic nitrogens is 3. The number of rotatable bonds is 8. The molecule has 0 spiro atoms. The molecule has 7 nitrogen and oxygen atoms in total. The van der Waals surface area contributed by atoms with Crippen LogP contribution in [0.5, 0.6) is 0 Å². The number of fused-ring (bicyclic) bond motifs is 1. The first-order valence-corrected chi connectivity index (χ1v) is 10.6. The fourth-order valence-electron chi connectivity index (χ4n) is 3.74. The van der Waals surface area contributed by atoms with E-state index in [0.717, 1.165) is 28.8 Å². The second-order valence-corrected chi connectivity index (χ2v) is 7.57. The van der Waals surface area contributed by atoms with Crippen molar-refractivity contribution in [1.29, 1.82) is 0 Å². The van der Waals surface area contributed by atoms with Crippen LogP contribution in [0.2, 0.25) is 0 Å². The van der Waals surface area contributed by atoms with Crippen LogP contribution < -0.4 is 10.9 Å². The molecular weight excluding hydrogens is 404 g/mol. The number of aryl methyl sites for hydroxylation is 1. The molecule has 0 aliphatic rings. The van der Waals surface area contributed by atoms with Gasteiger partial charge in [-0.1, -0.05) is 49.4 Å². The van der Waals surface area contributed by atoms with Gasteiger partial charge in [-0.05, 0) is 29.7 Å². The molecule has 0 atom stereocenters. The molecule has 32 heavy (non-hydrogen) atoms. The summed E-state index contributed by atoms with van der Waals surface area (Å²) in [4.78, 5) is 30.7. The number of carbonyl (C=O) groups excluding carboxylic acids is 1. The number of hydrogen-bond acceptors (Lipinski definition) is 4. The summed E-state index contributed by atoms with van der Waals surface area (Å²) in [6, 6.07) is 17.5.